The predicted molar refractivity (Wildman–Crippen MR) is 53.9 cm³/mol. The lowest BCUT2D eigenvalue weighted by Crippen LogP contribution is -2.17. The van der Waals surface area contributed by atoms with Crippen molar-refractivity contribution in [1.29, 1.82) is 0 Å². The molecular weight excluding hydrogens is 189 g/mol. The quantitative estimate of drug-likeness (QED) is 0.416. The summed E-state index contributed by atoms with van der Waals surface area (Å²) in [7, 11) is -3.28. The minimum Gasteiger partial charge on any atom is -0.386 e. The van der Waals surface area contributed by atoms with Crippen molar-refractivity contribution in [3.63, 3.8) is 0 Å². The van der Waals surface area contributed by atoms with Gasteiger partial charge in [-0.1, -0.05) is 26.2 Å². The average Bonchev–Trinajstić information content (AvgIpc) is 2.11. The molecule has 3 N–H and O–H groups in total. The van der Waals surface area contributed by atoms with Crippen molar-refractivity contribution in [2.24, 2.45) is 0 Å². The van der Waals surface area contributed by atoms with Gasteiger partial charge in [0.15, 0.2) is 0 Å². The van der Waals surface area contributed by atoms with Crippen LogP contribution in [0.3, 0.4) is 0 Å². The fraction of sp³-hybridized carbons (Fsp3) is 1.00. The van der Waals surface area contributed by atoms with Crippen LogP contribution in [-0.2, 0) is 4.57 Å². The van der Waals surface area contributed by atoms with Crippen LogP contribution in [0.25, 0.3) is 0 Å². The molecule has 0 fully saturated rings. The summed E-state index contributed by atoms with van der Waals surface area (Å²) in [6, 6.07) is 0. The van der Waals surface area contributed by atoms with Gasteiger partial charge in [-0.05, 0) is 13.0 Å². The molecule has 13 heavy (non-hydrogen) atoms. The number of hydrogen-bond donors (Lipinski definition) is 3. The highest BCUT2D eigenvalue weighted by Crippen LogP contribution is 2.36. The first-order valence-electron chi connectivity index (χ1n) is 4.75. The van der Waals surface area contributed by atoms with E-state index >= 15 is 0 Å². The number of nitrogens with one attached hydrogen (secondary N) is 1. The summed E-state index contributed by atoms with van der Waals surface area (Å²) in [5, 5.41) is 11.3. The van der Waals surface area contributed by atoms with Crippen molar-refractivity contribution in [3.05, 3.63) is 0 Å². The molecule has 0 aromatic rings. The van der Waals surface area contributed by atoms with Gasteiger partial charge in [0.1, 0.15) is 6.35 Å². The minimum absolute atomic E-state index is 0.0234. The van der Waals surface area contributed by atoms with Crippen LogP contribution < -0.4 is 5.32 Å². The molecule has 0 aliphatic carbocycles. The van der Waals surface area contributed by atoms with Gasteiger partial charge in [-0.2, -0.15) is 0 Å². The molecule has 4 nitrogen and oxygen atoms in total. The summed E-state index contributed by atoms with van der Waals surface area (Å²) in [6.45, 7) is 2.89. The standard InChI is InChI=1S/C8H20NO3P/c1-2-3-4-5-6-9-7-13(11,12)8-10/h9-10H,2-8H2,1H3,(H,11,12). The molecule has 0 aromatic carbocycles. The Hall–Kier alpha value is 0.110. The van der Waals surface area contributed by atoms with Crippen LogP contribution in [0.1, 0.15) is 32.6 Å². The van der Waals surface area contributed by atoms with Gasteiger partial charge in [0.2, 0.25) is 7.37 Å². The lowest BCUT2D eigenvalue weighted by Gasteiger charge is -2.08. The lowest BCUT2D eigenvalue weighted by molar-refractivity contribution is 0.331. The number of unbranched alkanes of at least 4 members (excludes halogenated alkanes) is 3. The van der Waals surface area contributed by atoms with Crippen LogP contribution in [0.15, 0.2) is 0 Å². The Bertz CT molecular complexity index is 163. The molecule has 0 radical (unpaired) electrons. The fourth-order valence-corrected chi connectivity index (χ4v) is 1.59. The molecule has 1 atom stereocenters. The van der Waals surface area contributed by atoms with E-state index in [4.69, 9.17) is 10.00 Å². The van der Waals surface area contributed by atoms with E-state index < -0.39 is 13.7 Å². The summed E-state index contributed by atoms with van der Waals surface area (Å²) in [5.41, 5.74) is 0. The first-order valence-corrected chi connectivity index (χ1v) is 6.78. The number of aliphatic hydroxyl groups is 1. The molecule has 0 aliphatic heterocycles. The smallest absolute Gasteiger partial charge is 0.238 e. The fourth-order valence-electron chi connectivity index (χ4n) is 0.981. The van der Waals surface area contributed by atoms with Crippen LogP contribution >= 0.6 is 7.37 Å². The van der Waals surface area contributed by atoms with Crippen molar-refractivity contribution >= 4 is 7.37 Å². The van der Waals surface area contributed by atoms with Gasteiger partial charge < -0.3 is 15.3 Å². The van der Waals surface area contributed by atoms with Crippen molar-refractivity contribution in [1.82, 2.24) is 5.32 Å². The first kappa shape index (κ1) is 13.1. The van der Waals surface area contributed by atoms with Gasteiger partial charge >= 0.3 is 0 Å². The molecule has 5 heteroatoms. The molecule has 0 aliphatic rings. The molecule has 0 amide bonds. The second-order valence-corrected chi connectivity index (χ2v) is 5.50. The Morgan fingerprint density at radius 2 is 2.00 bits per heavy atom. The highest BCUT2D eigenvalue weighted by Gasteiger charge is 2.14. The number of aliphatic hydroxyl groups excluding tert-OH is 1. The van der Waals surface area contributed by atoms with Crippen molar-refractivity contribution in [2.45, 2.75) is 32.6 Å². The summed E-state index contributed by atoms with van der Waals surface area (Å²) in [6.07, 6.45) is 3.97. The zero-order valence-corrected chi connectivity index (χ0v) is 9.09. The first-order chi connectivity index (χ1) is 6.12. The summed E-state index contributed by atoms with van der Waals surface area (Å²) >= 11 is 0. The highest BCUT2D eigenvalue weighted by molar-refractivity contribution is 7.57. The van der Waals surface area contributed by atoms with Crippen LogP contribution in [-0.4, -0.2) is 29.2 Å². The van der Waals surface area contributed by atoms with E-state index in [2.05, 4.69) is 12.2 Å². The van der Waals surface area contributed by atoms with E-state index in [1.807, 2.05) is 0 Å². The van der Waals surface area contributed by atoms with Gasteiger partial charge in [-0.25, -0.2) is 0 Å². The van der Waals surface area contributed by atoms with Gasteiger partial charge in [0.05, 0.1) is 6.29 Å². The zero-order valence-electron chi connectivity index (χ0n) is 8.20. The van der Waals surface area contributed by atoms with Gasteiger partial charge in [-0.15, -0.1) is 0 Å². The third kappa shape index (κ3) is 8.44. The second-order valence-electron chi connectivity index (χ2n) is 3.21. The maximum atomic E-state index is 10.9. The third-order valence-corrected chi connectivity index (χ3v) is 2.95. The van der Waals surface area contributed by atoms with Gasteiger partial charge in [0.25, 0.3) is 0 Å². The molecule has 0 saturated heterocycles. The number of rotatable bonds is 8. The molecule has 0 aromatic heterocycles. The van der Waals surface area contributed by atoms with Crippen LogP contribution in [0.4, 0.5) is 0 Å². The van der Waals surface area contributed by atoms with Crippen LogP contribution in [0.2, 0.25) is 0 Å². The molecule has 80 valence electrons. The molecule has 0 heterocycles. The van der Waals surface area contributed by atoms with E-state index in [1.54, 1.807) is 0 Å². The Labute approximate surface area is 79.8 Å². The van der Waals surface area contributed by atoms with Crippen molar-refractivity contribution < 1.29 is 14.6 Å². The molecule has 1 unspecified atom stereocenters. The van der Waals surface area contributed by atoms with E-state index in [1.165, 1.54) is 12.8 Å². The lowest BCUT2D eigenvalue weighted by atomic mass is 10.2. The summed E-state index contributed by atoms with van der Waals surface area (Å²) in [4.78, 5) is 8.97. The summed E-state index contributed by atoms with van der Waals surface area (Å²) < 4.78 is 10.9. The van der Waals surface area contributed by atoms with E-state index in [0.29, 0.717) is 0 Å². The Kier molecular flexibility index (Phi) is 7.57. The average molecular weight is 209 g/mol. The molecule has 0 saturated carbocycles. The maximum Gasteiger partial charge on any atom is 0.238 e. The van der Waals surface area contributed by atoms with Gasteiger partial charge in [0, 0.05) is 0 Å². The Morgan fingerprint density at radius 1 is 1.31 bits per heavy atom. The summed E-state index contributed by atoms with van der Waals surface area (Å²) in [5.74, 6) is 0. The van der Waals surface area contributed by atoms with Crippen molar-refractivity contribution in [3.8, 4) is 0 Å². The van der Waals surface area contributed by atoms with E-state index in [0.717, 1.165) is 19.4 Å². The second kappa shape index (κ2) is 7.51. The maximum absolute atomic E-state index is 10.9. The Balaban J connectivity index is 3.21. The largest absolute Gasteiger partial charge is 0.386 e. The topological polar surface area (TPSA) is 69.6 Å². The number of hydrogen-bond acceptors (Lipinski definition) is 3. The highest BCUT2D eigenvalue weighted by atomic mass is 31.2. The van der Waals surface area contributed by atoms with Crippen molar-refractivity contribution in [2.75, 3.05) is 19.2 Å². The molecule has 0 bridgehead atoms. The monoisotopic (exact) mass is 209 g/mol. The predicted octanol–water partition coefficient (Wildman–Crippen LogP) is 1.33. The molecule has 0 spiro atoms. The molecular formula is C8H20NO3P. The SMILES string of the molecule is CCCCCCNCP(=O)(O)CO. The zero-order chi connectivity index (χ0) is 10.2. The van der Waals surface area contributed by atoms with Crippen LogP contribution in [0.5, 0.6) is 0 Å². The normalized spacial score (nSPS) is 15.6. The van der Waals surface area contributed by atoms with E-state index in [9.17, 15) is 4.57 Å². The van der Waals surface area contributed by atoms with Crippen LogP contribution in [0, 0.1) is 0 Å². The molecule has 0 rings (SSSR count). The van der Waals surface area contributed by atoms with Gasteiger partial charge in [-0.3, -0.25) is 4.57 Å². The third-order valence-electron chi connectivity index (χ3n) is 1.79. The Morgan fingerprint density at radius 3 is 2.54 bits per heavy atom. The minimum atomic E-state index is -3.28. The van der Waals surface area contributed by atoms with E-state index in [-0.39, 0.29) is 6.29 Å².